The van der Waals surface area contributed by atoms with E-state index in [0.29, 0.717) is 24.4 Å². The zero-order valence-corrected chi connectivity index (χ0v) is 17.0. The van der Waals surface area contributed by atoms with E-state index in [0.717, 1.165) is 28.8 Å². The Morgan fingerprint density at radius 3 is 2.75 bits per heavy atom. The van der Waals surface area contributed by atoms with E-state index >= 15 is 0 Å². The number of hydrogen-bond acceptors (Lipinski definition) is 5. The van der Waals surface area contributed by atoms with Crippen molar-refractivity contribution in [1.82, 2.24) is 5.32 Å². The maximum Gasteiger partial charge on any atom is 0.245 e. The molecule has 1 aliphatic carbocycles. The van der Waals surface area contributed by atoms with Gasteiger partial charge in [-0.1, -0.05) is 24.3 Å². The molecule has 1 aliphatic rings. The van der Waals surface area contributed by atoms with Crippen molar-refractivity contribution < 1.29 is 14.3 Å². The number of carbonyl (C=O) groups is 2. The lowest BCUT2D eigenvalue weighted by atomic mass is 9.91. The van der Waals surface area contributed by atoms with Gasteiger partial charge in [-0.2, -0.15) is 5.26 Å². The van der Waals surface area contributed by atoms with Gasteiger partial charge in [0, 0.05) is 18.0 Å². The molecule has 3 rings (SSSR count). The number of nitriles is 1. The van der Waals surface area contributed by atoms with E-state index in [4.69, 9.17) is 4.74 Å². The minimum Gasteiger partial charge on any atom is -0.379 e. The van der Waals surface area contributed by atoms with Crippen molar-refractivity contribution in [3.63, 3.8) is 0 Å². The summed E-state index contributed by atoms with van der Waals surface area (Å²) < 4.78 is 5.42. The number of aryl methyl sites for hydroxylation is 2. The molecule has 0 saturated heterocycles. The van der Waals surface area contributed by atoms with Crippen LogP contribution in [0.15, 0.2) is 30.3 Å². The number of carbonyl (C=O) groups excluding carboxylic acids is 2. The average molecular weight is 397 g/mol. The van der Waals surface area contributed by atoms with E-state index in [2.05, 4.69) is 17.4 Å². The van der Waals surface area contributed by atoms with Gasteiger partial charge in [-0.3, -0.25) is 9.59 Å². The molecule has 5 nitrogen and oxygen atoms in total. The minimum absolute atomic E-state index is 0.138. The third-order valence-electron chi connectivity index (χ3n) is 4.70. The predicted molar refractivity (Wildman–Crippen MR) is 109 cm³/mol. The van der Waals surface area contributed by atoms with Gasteiger partial charge in [-0.05, 0) is 55.9 Å². The summed E-state index contributed by atoms with van der Waals surface area (Å²) in [5.41, 5.74) is 3.54. The first-order valence-electron chi connectivity index (χ1n) is 9.55. The standard InChI is InChI=1S/C22H24N2O3S/c1-14(2)27-11-5-10-24-22(26)18(13-23)20(25)19-12-16-9-8-15-6-3-4-7-17(15)21(16)28-19/h3-4,6-7,12,14,18H,5,8-11H2,1-2H3,(H,24,26). The molecule has 28 heavy (non-hydrogen) atoms. The van der Waals surface area contributed by atoms with Crippen molar-refractivity contribution in [1.29, 1.82) is 5.26 Å². The Balaban J connectivity index is 1.67. The van der Waals surface area contributed by atoms with Gasteiger partial charge in [-0.15, -0.1) is 11.3 Å². The van der Waals surface area contributed by atoms with Crippen molar-refractivity contribution >= 4 is 23.0 Å². The number of nitrogens with one attached hydrogen (secondary N) is 1. The van der Waals surface area contributed by atoms with Crippen LogP contribution in [0, 0.1) is 17.2 Å². The lowest BCUT2D eigenvalue weighted by molar-refractivity contribution is -0.122. The first-order chi connectivity index (χ1) is 13.5. The highest BCUT2D eigenvalue weighted by Gasteiger charge is 2.30. The molecule has 1 atom stereocenters. The van der Waals surface area contributed by atoms with Crippen molar-refractivity contribution in [3.05, 3.63) is 46.3 Å². The topological polar surface area (TPSA) is 79.2 Å². The van der Waals surface area contributed by atoms with Gasteiger partial charge in [-0.25, -0.2) is 0 Å². The Hall–Kier alpha value is -2.49. The summed E-state index contributed by atoms with van der Waals surface area (Å²) in [7, 11) is 0. The molecule has 0 aliphatic heterocycles. The Kier molecular flexibility index (Phi) is 6.61. The lowest BCUT2D eigenvalue weighted by Gasteiger charge is -2.15. The molecule has 1 unspecified atom stereocenters. The van der Waals surface area contributed by atoms with Crippen LogP contribution in [-0.2, 0) is 22.4 Å². The van der Waals surface area contributed by atoms with Crippen LogP contribution in [0.5, 0.6) is 0 Å². The van der Waals surface area contributed by atoms with E-state index in [1.165, 1.54) is 16.9 Å². The number of Topliss-reactive ketones (excluding diaryl/α,β-unsaturated/α-hetero) is 1. The second-order valence-corrected chi connectivity index (χ2v) is 8.16. The number of thiophene rings is 1. The Labute approximate surface area is 169 Å². The van der Waals surface area contributed by atoms with Gasteiger partial charge >= 0.3 is 0 Å². The second kappa shape index (κ2) is 9.13. The molecule has 0 fully saturated rings. The van der Waals surface area contributed by atoms with Gasteiger partial charge in [0.2, 0.25) is 5.91 Å². The molecule has 1 aromatic carbocycles. The largest absolute Gasteiger partial charge is 0.379 e. The molecule has 0 bridgehead atoms. The minimum atomic E-state index is -1.32. The molecule has 6 heteroatoms. The van der Waals surface area contributed by atoms with Crippen LogP contribution in [-0.4, -0.2) is 30.9 Å². The third kappa shape index (κ3) is 4.49. The quantitative estimate of drug-likeness (QED) is 0.418. The number of nitrogens with zero attached hydrogens (tertiary/aromatic N) is 1. The normalized spacial score (nSPS) is 13.4. The van der Waals surface area contributed by atoms with E-state index < -0.39 is 17.6 Å². The maximum absolute atomic E-state index is 12.8. The average Bonchev–Trinajstić information content (AvgIpc) is 3.13. The summed E-state index contributed by atoms with van der Waals surface area (Å²) in [5, 5.41) is 12.1. The maximum atomic E-state index is 12.8. The molecule has 1 amide bonds. The number of benzene rings is 1. The fourth-order valence-corrected chi connectivity index (χ4v) is 4.52. The lowest BCUT2D eigenvalue weighted by Crippen LogP contribution is -2.35. The second-order valence-electron chi connectivity index (χ2n) is 7.11. The molecule has 146 valence electrons. The van der Waals surface area contributed by atoms with E-state index in [1.807, 2.05) is 38.1 Å². The number of fused-ring (bicyclic) bond motifs is 3. The first-order valence-corrected chi connectivity index (χ1v) is 10.4. The van der Waals surface area contributed by atoms with E-state index in [9.17, 15) is 14.9 Å². The van der Waals surface area contributed by atoms with Gasteiger partial charge in [0.15, 0.2) is 11.7 Å². The Bertz CT molecular complexity index is 911. The van der Waals surface area contributed by atoms with Crippen LogP contribution in [0.25, 0.3) is 10.4 Å². The summed E-state index contributed by atoms with van der Waals surface area (Å²) in [6.45, 7) is 4.80. The van der Waals surface area contributed by atoms with Crippen LogP contribution < -0.4 is 5.32 Å². The van der Waals surface area contributed by atoms with E-state index in [-0.39, 0.29) is 6.10 Å². The van der Waals surface area contributed by atoms with Crippen molar-refractivity contribution in [2.45, 2.75) is 39.2 Å². The van der Waals surface area contributed by atoms with Crippen molar-refractivity contribution in [2.75, 3.05) is 13.2 Å². The summed E-state index contributed by atoms with van der Waals surface area (Å²) >= 11 is 1.38. The molecular formula is C22H24N2O3S. The SMILES string of the molecule is CC(C)OCCCNC(=O)C(C#N)C(=O)c1cc2c(s1)-c1ccccc1CC2. The fraction of sp³-hybridized carbons (Fsp3) is 0.409. The summed E-state index contributed by atoms with van der Waals surface area (Å²) in [6.07, 6.45) is 2.59. The molecule has 1 aromatic heterocycles. The van der Waals surface area contributed by atoms with Crippen LogP contribution in [0.1, 0.15) is 41.1 Å². The van der Waals surface area contributed by atoms with Gasteiger partial charge in [0.1, 0.15) is 0 Å². The van der Waals surface area contributed by atoms with Crippen molar-refractivity contribution in [2.24, 2.45) is 5.92 Å². The van der Waals surface area contributed by atoms with E-state index in [1.54, 1.807) is 0 Å². The molecule has 0 spiro atoms. The first kappa shape index (κ1) is 20.2. The molecule has 1 N–H and O–H groups in total. The zero-order chi connectivity index (χ0) is 20.1. The summed E-state index contributed by atoms with van der Waals surface area (Å²) in [4.78, 5) is 26.7. The van der Waals surface area contributed by atoms with Gasteiger partial charge < -0.3 is 10.1 Å². The van der Waals surface area contributed by atoms with Crippen LogP contribution in [0.3, 0.4) is 0 Å². The number of hydrogen-bond donors (Lipinski definition) is 1. The van der Waals surface area contributed by atoms with Crippen LogP contribution in [0.2, 0.25) is 0 Å². The van der Waals surface area contributed by atoms with Crippen molar-refractivity contribution in [3.8, 4) is 16.5 Å². The van der Waals surface area contributed by atoms with Gasteiger partial charge in [0.05, 0.1) is 17.1 Å². The number of rotatable bonds is 8. The highest BCUT2D eigenvalue weighted by molar-refractivity contribution is 7.17. The van der Waals surface area contributed by atoms with Crippen LogP contribution >= 0.6 is 11.3 Å². The molecule has 1 heterocycles. The summed E-state index contributed by atoms with van der Waals surface area (Å²) in [5.74, 6) is -2.28. The molecule has 0 saturated carbocycles. The van der Waals surface area contributed by atoms with Crippen LogP contribution in [0.4, 0.5) is 0 Å². The molecule has 0 radical (unpaired) electrons. The third-order valence-corrected chi connectivity index (χ3v) is 5.93. The molecular weight excluding hydrogens is 372 g/mol. The Morgan fingerprint density at radius 1 is 1.25 bits per heavy atom. The highest BCUT2D eigenvalue weighted by atomic mass is 32.1. The fourth-order valence-electron chi connectivity index (χ4n) is 3.28. The highest BCUT2D eigenvalue weighted by Crippen LogP contribution is 2.40. The predicted octanol–water partition coefficient (Wildman–Crippen LogP) is 3.77. The molecule has 2 aromatic rings. The zero-order valence-electron chi connectivity index (χ0n) is 16.2. The number of ketones is 1. The van der Waals surface area contributed by atoms with Gasteiger partial charge in [0.25, 0.3) is 0 Å². The number of amides is 1. The summed E-state index contributed by atoms with van der Waals surface area (Å²) in [6, 6.07) is 11.9. The monoisotopic (exact) mass is 396 g/mol. The smallest absolute Gasteiger partial charge is 0.245 e. The Morgan fingerprint density at radius 2 is 2.00 bits per heavy atom. The number of ether oxygens (including phenoxy) is 1.